The number of phenolic OH excluding ortho intramolecular Hbond substituents is 1. The summed E-state index contributed by atoms with van der Waals surface area (Å²) in [7, 11) is 1.61. The fourth-order valence-corrected chi connectivity index (χ4v) is 4.79. The van der Waals surface area contributed by atoms with Crippen molar-refractivity contribution in [2.24, 2.45) is 0 Å². The first-order valence-electron chi connectivity index (χ1n) is 11.2. The van der Waals surface area contributed by atoms with Gasteiger partial charge in [0.15, 0.2) is 0 Å². The predicted octanol–water partition coefficient (Wildman–Crippen LogP) is 3.68. The molecule has 170 valence electrons. The van der Waals surface area contributed by atoms with Gasteiger partial charge in [-0.1, -0.05) is 43.5 Å². The van der Waals surface area contributed by atoms with Gasteiger partial charge in [0.1, 0.15) is 11.6 Å². The van der Waals surface area contributed by atoms with Crippen molar-refractivity contribution in [1.82, 2.24) is 19.8 Å². The van der Waals surface area contributed by atoms with E-state index in [1.165, 1.54) is 0 Å². The second-order valence-electron chi connectivity index (χ2n) is 8.56. The molecule has 0 spiro atoms. The number of methoxy groups -OCH3 is 1. The molecule has 0 unspecified atom stereocenters. The molecule has 2 aromatic carbocycles. The number of aromatic hydroxyl groups is 1. The molecule has 3 aromatic rings. The molecule has 1 N–H and O–H groups in total. The van der Waals surface area contributed by atoms with Crippen LogP contribution in [0.4, 0.5) is 5.82 Å². The summed E-state index contributed by atoms with van der Waals surface area (Å²) in [6.45, 7) is 13.4. The van der Waals surface area contributed by atoms with E-state index in [2.05, 4.69) is 45.0 Å². The fourth-order valence-electron chi connectivity index (χ4n) is 4.79. The van der Waals surface area contributed by atoms with Crippen molar-refractivity contribution in [1.29, 1.82) is 0 Å². The highest BCUT2D eigenvalue weighted by atomic mass is 16.5. The molecule has 7 heteroatoms. The molecule has 0 saturated carbocycles. The Morgan fingerprint density at radius 3 is 2.64 bits per heavy atom. The van der Waals surface area contributed by atoms with Crippen LogP contribution in [0, 0.1) is 0 Å². The minimum atomic E-state index is 0.326. The highest BCUT2D eigenvalue weighted by molar-refractivity contribution is 5.87. The molecule has 0 bridgehead atoms. The third kappa shape index (κ3) is 4.00. The van der Waals surface area contributed by atoms with E-state index >= 15 is 0 Å². The minimum Gasteiger partial charge on any atom is -0.508 e. The van der Waals surface area contributed by atoms with E-state index < -0.39 is 0 Å². The van der Waals surface area contributed by atoms with Gasteiger partial charge < -0.3 is 19.6 Å². The maximum Gasteiger partial charge on any atom is 0.318 e. The van der Waals surface area contributed by atoms with Crippen LogP contribution in [-0.4, -0.2) is 58.2 Å². The second-order valence-corrected chi connectivity index (χ2v) is 8.56. The van der Waals surface area contributed by atoms with Crippen LogP contribution in [0.3, 0.4) is 0 Å². The first kappa shape index (κ1) is 21.3. The Labute approximate surface area is 194 Å². The summed E-state index contributed by atoms with van der Waals surface area (Å²) in [6, 6.07) is 12.3. The number of phenols is 1. The van der Waals surface area contributed by atoms with Crippen molar-refractivity contribution in [3.8, 4) is 11.8 Å². The lowest BCUT2D eigenvalue weighted by Gasteiger charge is -2.37. The zero-order valence-corrected chi connectivity index (χ0v) is 19.0. The van der Waals surface area contributed by atoms with Crippen LogP contribution in [-0.2, 0) is 19.6 Å². The highest BCUT2D eigenvalue weighted by Crippen LogP contribution is 2.35. The Bertz CT molecular complexity index is 1220. The number of hydrogen-bond donors (Lipinski definition) is 1. The average Bonchev–Trinajstić information content (AvgIpc) is 3.27. The normalized spacial score (nSPS) is 16.2. The Balaban J connectivity index is 1.40. The van der Waals surface area contributed by atoms with Gasteiger partial charge in [0.05, 0.1) is 12.8 Å². The lowest BCUT2D eigenvalue weighted by molar-refractivity contribution is 0.270. The fraction of sp³-hybridized carbons (Fsp3) is 0.308. The summed E-state index contributed by atoms with van der Waals surface area (Å²) in [5.74, 6) is 1.28. The van der Waals surface area contributed by atoms with Crippen LogP contribution < -0.4 is 9.64 Å². The molecule has 0 aliphatic carbocycles. The van der Waals surface area contributed by atoms with E-state index in [9.17, 15) is 5.11 Å². The van der Waals surface area contributed by atoms with E-state index in [0.29, 0.717) is 24.8 Å². The lowest BCUT2D eigenvalue weighted by Crippen LogP contribution is -2.46. The largest absolute Gasteiger partial charge is 0.508 e. The van der Waals surface area contributed by atoms with Crippen LogP contribution in [0.25, 0.3) is 10.8 Å². The number of piperazine rings is 1. The van der Waals surface area contributed by atoms with Crippen LogP contribution in [0.1, 0.15) is 16.8 Å². The monoisotopic (exact) mass is 443 g/mol. The summed E-state index contributed by atoms with van der Waals surface area (Å²) in [4.78, 5) is 16.3. The molecule has 0 amide bonds. The summed E-state index contributed by atoms with van der Waals surface area (Å²) in [5, 5.41) is 12.8. The van der Waals surface area contributed by atoms with Crippen molar-refractivity contribution < 1.29 is 9.84 Å². The number of rotatable bonds is 6. The molecule has 2 aliphatic heterocycles. The van der Waals surface area contributed by atoms with E-state index in [-0.39, 0.29) is 0 Å². The van der Waals surface area contributed by atoms with Gasteiger partial charge in [0.2, 0.25) is 0 Å². The lowest BCUT2D eigenvalue weighted by atomic mass is 10.0. The smallest absolute Gasteiger partial charge is 0.318 e. The van der Waals surface area contributed by atoms with Gasteiger partial charge in [-0.2, -0.15) is 9.97 Å². The number of allylic oxidation sites excluding steroid dienone is 1. The molecule has 5 rings (SSSR count). The van der Waals surface area contributed by atoms with E-state index in [4.69, 9.17) is 9.72 Å². The van der Waals surface area contributed by atoms with Gasteiger partial charge >= 0.3 is 6.01 Å². The average molecular weight is 444 g/mol. The minimum absolute atomic E-state index is 0.326. The first-order valence-corrected chi connectivity index (χ1v) is 11.2. The molecule has 1 fully saturated rings. The number of benzene rings is 2. The molecule has 0 atom stereocenters. The zero-order valence-electron chi connectivity index (χ0n) is 19.0. The Morgan fingerprint density at radius 1 is 1.09 bits per heavy atom. The molecule has 3 heterocycles. The van der Waals surface area contributed by atoms with Crippen LogP contribution in [0.5, 0.6) is 11.8 Å². The van der Waals surface area contributed by atoms with E-state index in [0.717, 1.165) is 71.8 Å². The van der Waals surface area contributed by atoms with Gasteiger partial charge in [0.25, 0.3) is 0 Å². The molecule has 33 heavy (non-hydrogen) atoms. The van der Waals surface area contributed by atoms with Crippen LogP contribution in [0.2, 0.25) is 0 Å². The predicted molar refractivity (Wildman–Crippen MR) is 130 cm³/mol. The van der Waals surface area contributed by atoms with Crippen molar-refractivity contribution >= 4 is 16.6 Å². The summed E-state index contributed by atoms with van der Waals surface area (Å²) < 4.78 is 5.43. The standard InChI is InChI=1S/C26H29N5O2/c1-4-18(2)30-11-13-31(14-12-30)25-22-16-29(17-23(22)27-26(28-25)33-3)15-21-20-8-6-5-7-19(20)9-10-24(21)32/h4-10,32H,1-2,11-17H2,3H3. The van der Waals surface area contributed by atoms with Crippen molar-refractivity contribution in [3.05, 3.63) is 78.1 Å². The molecule has 2 aliphatic rings. The molecule has 7 nitrogen and oxygen atoms in total. The Hall–Kier alpha value is -3.58. The molecular weight excluding hydrogens is 414 g/mol. The summed E-state index contributed by atoms with van der Waals surface area (Å²) >= 11 is 0. The quantitative estimate of drug-likeness (QED) is 0.583. The van der Waals surface area contributed by atoms with E-state index in [1.54, 1.807) is 13.2 Å². The number of fused-ring (bicyclic) bond motifs is 2. The zero-order chi connectivity index (χ0) is 22.9. The van der Waals surface area contributed by atoms with Crippen molar-refractivity contribution in [2.45, 2.75) is 19.6 Å². The van der Waals surface area contributed by atoms with Gasteiger partial charge in [-0.25, -0.2) is 0 Å². The molecule has 1 saturated heterocycles. The maximum absolute atomic E-state index is 10.6. The Kier molecular flexibility index (Phi) is 5.64. The van der Waals surface area contributed by atoms with Gasteiger partial charge in [-0.15, -0.1) is 0 Å². The van der Waals surface area contributed by atoms with Crippen molar-refractivity contribution in [3.63, 3.8) is 0 Å². The topological polar surface area (TPSA) is 65.0 Å². The van der Waals surface area contributed by atoms with Crippen LogP contribution >= 0.6 is 0 Å². The SMILES string of the molecule is C=CC(=C)N1CCN(c2nc(OC)nc3c2CN(Cc2c(O)ccc4ccccc24)C3)CC1. The summed E-state index contributed by atoms with van der Waals surface area (Å²) in [6.07, 6.45) is 1.81. The van der Waals surface area contributed by atoms with Crippen LogP contribution in [0.15, 0.2) is 61.3 Å². The number of nitrogens with zero attached hydrogens (tertiary/aromatic N) is 5. The highest BCUT2D eigenvalue weighted by Gasteiger charge is 2.30. The Morgan fingerprint density at radius 2 is 1.88 bits per heavy atom. The third-order valence-electron chi connectivity index (χ3n) is 6.61. The maximum atomic E-state index is 10.6. The summed E-state index contributed by atoms with van der Waals surface area (Å²) in [5.41, 5.74) is 4.04. The van der Waals surface area contributed by atoms with Crippen molar-refractivity contribution in [2.75, 3.05) is 38.2 Å². The molecule has 1 aromatic heterocycles. The number of hydrogen-bond acceptors (Lipinski definition) is 7. The number of aromatic nitrogens is 2. The second kappa shape index (κ2) is 8.75. The first-order chi connectivity index (χ1) is 16.1. The van der Waals surface area contributed by atoms with Gasteiger partial charge in [0, 0.05) is 62.6 Å². The number of ether oxygens (including phenoxy) is 1. The third-order valence-corrected chi connectivity index (χ3v) is 6.61. The molecular formula is C26H29N5O2. The van der Waals surface area contributed by atoms with Gasteiger partial charge in [-0.05, 0) is 22.9 Å². The van der Waals surface area contributed by atoms with E-state index in [1.807, 2.05) is 24.3 Å². The molecule has 0 radical (unpaired) electrons. The number of anilines is 1. The van der Waals surface area contributed by atoms with Gasteiger partial charge in [-0.3, -0.25) is 4.90 Å².